The van der Waals surface area contributed by atoms with E-state index in [4.69, 9.17) is 0 Å². The maximum absolute atomic E-state index is 12.0. The van der Waals surface area contributed by atoms with Gasteiger partial charge in [0.15, 0.2) is 0 Å². The van der Waals surface area contributed by atoms with E-state index < -0.39 is 0 Å². The second-order valence-electron chi connectivity index (χ2n) is 4.31. The van der Waals surface area contributed by atoms with Gasteiger partial charge in [-0.25, -0.2) is 4.68 Å². The van der Waals surface area contributed by atoms with E-state index in [1.165, 1.54) is 12.8 Å². The van der Waals surface area contributed by atoms with Crippen LogP contribution in [0.4, 0.5) is 5.69 Å². The zero-order chi connectivity index (χ0) is 12.3. The Morgan fingerprint density at radius 3 is 3.06 bits per heavy atom. The Morgan fingerprint density at radius 2 is 2.41 bits per heavy atom. The summed E-state index contributed by atoms with van der Waals surface area (Å²) in [6, 6.07) is 0. The van der Waals surface area contributed by atoms with Crippen molar-refractivity contribution in [2.24, 2.45) is 5.92 Å². The molecule has 0 aliphatic heterocycles. The first-order chi connectivity index (χ1) is 8.22. The zero-order valence-corrected chi connectivity index (χ0v) is 11.2. The van der Waals surface area contributed by atoms with Crippen LogP contribution in [0.2, 0.25) is 0 Å². The van der Waals surface area contributed by atoms with Crippen LogP contribution < -0.4 is 10.9 Å². The number of anilines is 1. The van der Waals surface area contributed by atoms with Gasteiger partial charge < -0.3 is 5.32 Å². The van der Waals surface area contributed by atoms with Crippen molar-refractivity contribution in [3.05, 3.63) is 33.7 Å². The molecule has 1 heterocycles. The second-order valence-corrected chi connectivity index (χ2v) is 5.10. The van der Waals surface area contributed by atoms with Gasteiger partial charge in [-0.3, -0.25) is 4.79 Å². The van der Waals surface area contributed by atoms with Crippen molar-refractivity contribution in [2.45, 2.75) is 25.8 Å². The Hall–Kier alpha value is -1.10. The molecule has 1 N–H and O–H groups in total. The zero-order valence-electron chi connectivity index (χ0n) is 9.66. The van der Waals surface area contributed by atoms with Crippen molar-refractivity contribution >= 4 is 21.6 Å². The molecular weight excluding hydrogens is 282 g/mol. The van der Waals surface area contributed by atoms with Gasteiger partial charge >= 0.3 is 0 Å². The summed E-state index contributed by atoms with van der Waals surface area (Å²) in [5.74, 6) is 0.645. The van der Waals surface area contributed by atoms with Crippen molar-refractivity contribution in [1.29, 1.82) is 0 Å². The van der Waals surface area contributed by atoms with Gasteiger partial charge in [0.2, 0.25) is 0 Å². The summed E-state index contributed by atoms with van der Waals surface area (Å²) in [6.07, 6.45) is 6.83. The fourth-order valence-corrected chi connectivity index (χ4v) is 2.02. The highest BCUT2D eigenvalue weighted by Gasteiger charge is 2.23. The Morgan fingerprint density at radius 1 is 1.65 bits per heavy atom. The first-order valence-electron chi connectivity index (χ1n) is 5.82. The van der Waals surface area contributed by atoms with Crippen LogP contribution in [0.25, 0.3) is 0 Å². The van der Waals surface area contributed by atoms with Crippen molar-refractivity contribution in [3.8, 4) is 0 Å². The molecule has 5 heteroatoms. The minimum atomic E-state index is -0.0551. The van der Waals surface area contributed by atoms with Crippen LogP contribution in [0.1, 0.15) is 19.3 Å². The lowest BCUT2D eigenvalue weighted by Gasteiger charge is -2.09. The smallest absolute Gasteiger partial charge is 0.283 e. The average Bonchev–Trinajstić information content (AvgIpc) is 3.12. The summed E-state index contributed by atoms with van der Waals surface area (Å²) in [6.45, 7) is 5.15. The molecule has 0 atom stereocenters. The van der Waals surface area contributed by atoms with Gasteiger partial charge in [-0.15, -0.1) is 6.58 Å². The van der Waals surface area contributed by atoms with Gasteiger partial charge in [-0.1, -0.05) is 6.08 Å². The van der Waals surface area contributed by atoms with Crippen molar-refractivity contribution < 1.29 is 0 Å². The quantitative estimate of drug-likeness (QED) is 0.648. The lowest BCUT2D eigenvalue weighted by Crippen LogP contribution is -2.25. The highest BCUT2D eigenvalue weighted by Crippen LogP contribution is 2.30. The maximum Gasteiger partial charge on any atom is 0.283 e. The van der Waals surface area contributed by atoms with E-state index in [9.17, 15) is 4.79 Å². The SMILES string of the molecule is C=CCCNc1cnn(CC2CC2)c(=O)c1Br. The first-order valence-corrected chi connectivity index (χ1v) is 6.62. The monoisotopic (exact) mass is 297 g/mol. The molecule has 1 fully saturated rings. The maximum atomic E-state index is 12.0. The minimum Gasteiger partial charge on any atom is -0.382 e. The predicted octanol–water partition coefficient (Wildman–Crippen LogP) is 2.40. The molecule has 1 aromatic rings. The van der Waals surface area contributed by atoms with E-state index in [1.54, 1.807) is 10.9 Å². The molecule has 1 saturated carbocycles. The van der Waals surface area contributed by atoms with Crippen LogP contribution in [-0.2, 0) is 6.54 Å². The van der Waals surface area contributed by atoms with Crippen molar-refractivity contribution in [1.82, 2.24) is 9.78 Å². The van der Waals surface area contributed by atoms with Crippen LogP contribution >= 0.6 is 15.9 Å². The third-order valence-electron chi connectivity index (χ3n) is 2.78. The number of nitrogens with one attached hydrogen (secondary N) is 1. The number of rotatable bonds is 6. The summed E-state index contributed by atoms with van der Waals surface area (Å²) in [4.78, 5) is 12.0. The normalized spacial score (nSPS) is 14.6. The Kier molecular flexibility index (Phi) is 3.99. The second kappa shape index (κ2) is 5.49. The molecule has 1 aliphatic carbocycles. The number of aromatic nitrogens is 2. The molecule has 0 unspecified atom stereocenters. The van der Waals surface area contributed by atoms with E-state index in [2.05, 4.69) is 32.9 Å². The number of hydrogen-bond donors (Lipinski definition) is 1. The highest BCUT2D eigenvalue weighted by molar-refractivity contribution is 9.10. The molecule has 92 valence electrons. The third kappa shape index (κ3) is 3.19. The van der Waals surface area contributed by atoms with E-state index in [-0.39, 0.29) is 5.56 Å². The fraction of sp³-hybridized carbons (Fsp3) is 0.500. The Labute approximate surface area is 109 Å². The Bertz CT molecular complexity index is 465. The molecule has 1 aromatic heterocycles. The molecule has 1 aliphatic rings. The molecule has 0 bridgehead atoms. The summed E-state index contributed by atoms with van der Waals surface area (Å²) < 4.78 is 2.11. The standard InChI is InChI=1S/C12H16BrN3O/c1-2-3-6-14-10-7-15-16(8-9-4-5-9)12(17)11(10)13/h2,7,9,14H,1,3-6,8H2. The molecule has 2 rings (SSSR count). The highest BCUT2D eigenvalue weighted by atomic mass is 79.9. The third-order valence-corrected chi connectivity index (χ3v) is 3.54. The largest absolute Gasteiger partial charge is 0.382 e. The molecule has 0 spiro atoms. The average molecular weight is 298 g/mol. The van der Waals surface area contributed by atoms with E-state index in [0.29, 0.717) is 10.4 Å². The minimum absolute atomic E-state index is 0.0551. The topological polar surface area (TPSA) is 46.9 Å². The summed E-state index contributed by atoms with van der Waals surface area (Å²) >= 11 is 3.33. The first kappa shape index (κ1) is 12.4. The van der Waals surface area contributed by atoms with E-state index in [0.717, 1.165) is 25.2 Å². The molecule has 0 aromatic carbocycles. The molecule has 0 saturated heterocycles. The fourth-order valence-electron chi connectivity index (χ4n) is 1.57. The molecule has 0 amide bonds. The van der Waals surface area contributed by atoms with Gasteiger partial charge in [0.1, 0.15) is 4.47 Å². The van der Waals surface area contributed by atoms with Crippen molar-refractivity contribution in [2.75, 3.05) is 11.9 Å². The van der Waals surface area contributed by atoms with Crippen LogP contribution in [0.15, 0.2) is 28.1 Å². The van der Waals surface area contributed by atoms with Gasteiger partial charge in [0, 0.05) is 13.1 Å². The van der Waals surface area contributed by atoms with E-state index in [1.807, 2.05) is 6.08 Å². The summed E-state index contributed by atoms with van der Waals surface area (Å²) in [7, 11) is 0. The van der Waals surface area contributed by atoms with Crippen molar-refractivity contribution in [3.63, 3.8) is 0 Å². The number of nitrogens with zero attached hydrogens (tertiary/aromatic N) is 2. The van der Waals surface area contributed by atoms with Crippen LogP contribution in [0, 0.1) is 5.92 Å². The van der Waals surface area contributed by atoms with Gasteiger partial charge in [0.25, 0.3) is 5.56 Å². The predicted molar refractivity (Wildman–Crippen MR) is 72.2 cm³/mol. The lowest BCUT2D eigenvalue weighted by molar-refractivity contribution is 0.532. The van der Waals surface area contributed by atoms with Crippen LogP contribution in [0.3, 0.4) is 0 Å². The summed E-state index contributed by atoms with van der Waals surface area (Å²) in [5.41, 5.74) is 0.699. The number of halogens is 1. The Balaban J connectivity index is 2.10. The van der Waals surface area contributed by atoms with E-state index >= 15 is 0 Å². The molecule has 17 heavy (non-hydrogen) atoms. The van der Waals surface area contributed by atoms with Crippen LogP contribution in [-0.4, -0.2) is 16.3 Å². The molecular formula is C12H16BrN3O. The molecule has 4 nitrogen and oxygen atoms in total. The van der Waals surface area contributed by atoms with Gasteiger partial charge in [0.05, 0.1) is 11.9 Å². The van der Waals surface area contributed by atoms with Gasteiger partial charge in [-0.05, 0) is 41.1 Å². The number of hydrogen-bond acceptors (Lipinski definition) is 3. The molecule has 0 radical (unpaired) electrons. The van der Waals surface area contributed by atoms with Crippen LogP contribution in [0.5, 0.6) is 0 Å². The lowest BCUT2D eigenvalue weighted by atomic mass is 10.4. The summed E-state index contributed by atoms with van der Waals surface area (Å²) in [5, 5.41) is 7.34. The van der Waals surface area contributed by atoms with Gasteiger partial charge in [-0.2, -0.15) is 5.10 Å².